The summed E-state index contributed by atoms with van der Waals surface area (Å²) in [5, 5.41) is 5.64. The molecule has 0 aliphatic carbocycles. The Bertz CT molecular complexity index is 644. The third-order valence-corrected chi connectivity index (χ3v) is 2.91. The SMILES string of the molecule is COc1cccc(CNc2ccc(F)c(NC(C)=O)c2)c1. The third kappa shape index (κ3) is 4.21. The molecule has 0 saturated carbocycles. The van der Waals surface area contributed by atoms with Gasteiger partial charge >= 0.3 is 0 Å². The van der Waals surface area contributed by atoms with Crippen molar-refractivity contribution in [3.63, 3.8) is 0 Å². The van der Waals surface area contributed by atoms with Crippen LogP contribution in [0.5, 0.6) is 5.75 Å². The maximum absolute atomic E-state index is 13.5. The first-order valence-electron chi connectivity index (χ1n) is 6.52. The zero-order valence-corrected chi connectivity index (χ0v) is 11.9. The molecule has 0 fully saturated rings. The minimum atomic E-state index is -0.461. The topological polar surface area (TPSA) is 50.4 Å². The predicted octanol–water partition coefficient (Wildman–Crippen LogP) is 3.40. The average Bonchev–Trinajstić information content (AvgIpc) is 2.48. The molecule has 4 nitrogen and oxygen atoms in total. The van der Waals surface area contributed by atoms with Crippen LogP contribution in [0.15, 0.2) is 42.5 Å². The van der Waals surface area contributed by atoms with Gasteiger partial charge in [-0.2, -0.15) is 0 Å². The standard InChI is InChI=1S/C16H17FN2O2/c1-11(20)19-16-9-13(6-7-15(16)17)18-10-12-4-3-5-14(8-12)21-2/h3-9,18H,10H2,1-2H3,(H,19,20). The Morgan fingerprint density at radius 1 is 1.24 bits per heavy atom. The Morgan fingerprint density at radius 2 is 2.05 bits per heavy atom. The minimum absolute atomic E-state index is 0.165. The lowest BCUT2D eigenvalue weighted by Crippen LogP contribution is -2.08. The molecule has 0 unspecified atom stereocenters. The predicted molar refractivity (Wildman–Crippen MR) is 81.0 cm³/mol. The number of nitrogens with one attached hydrogen (secondary N) is 2. The quantitative estimate of drug-likeness (QED) is 0.886. The van der Waals surface area contributed by atoms with E-state index in [1.165, 1.54) is 13.0 Å². The summed E-state index contributed by atoms with van der Waals surface area (Å²) in [5.74, 6) is 0.0170. The monoisotopic (exact) mass is 288 g/mol. The molecule has 2 N–H and O–H groups in total. The van der Waals surface area contributed by atoms with E-state index in [1.54, 1.807) is 19.2 Å². The van der Waals surface area contributed by atoms with Crippen molar-refractivity contribution in [2.24, 2.45) is 0 Å². The first-order chi connectivity index (χ1) is 10.1. The van der Waals surface area contributed by atoms with Gasteiger partial charge in [-0.25, -0.2) is 4.39 Å². The fourth-order valence-corrected chi connectivity index (χ4v) is 1.91. The first kappa shape index (κ1) is 14.8. The van der Waals surface area contributed by atoms with Gasteiger partial charge in [0.25, 0.3) is 0 Å². The van der Waals surface area contributed by atoms with E-state index < -0.39 is 5.82 Å². The molecule has 0 aliphatic rings. The summed E-state index contributed by atoms with van der Waals surface area (Å²) in [5.41, 5.74) is 1.93. The molecule has 0 saturated heterocycles. The molecular weight excluding hydrogens is 271 g/mol. The Hall–Kier alpha value is -2.56. The van der Waals surface area contributed by atoms with Crippen molar-refractivity contribution in [1.29, 1.82) is 0 Å². The lowest BCUT2D eigenvalue weighted by atomic mass is 10.2. The van der Waals surface area contributed by atoms with Crippen molar-refractivity contribution in [1.82, 2.24) is 0 Å². The third-order valence-electron chi connectivity index (χ3n) is 2.91. The van der Waals surface area contributed by atoms with E-state index >= 15 is 0 Å². The number of benzene rings is 2. The molecule has 2 aromatic carbocycles. The molecule has 0 aliphatic heterocycles. The number of amides is 1. The van der Waals surface area contributed by atoms with Crippen LogP contribution in [0, 0.1) is 5.82 Å². The Morgan fingerprint density at radius 3 is 2.76 bits per heavy atom. The van der Waals surface area contributed by atoms with Crippen LogP contribution < -0.4 is 15.4 Å². The number of hydrogen-bond donors (Lipinski definition) is 2. The summed E-state index contributed by atoms with van der Waals surface area (Å²) in [4.78, 5) is 11.0. The van der Waals surface area contributed by atoms with Gasteiger partial charge in [0.1, 0.15) is 11.6 Å². The fraction of sp³-hybridized carbons (Fsp3) is 0.188. The molecule has 1 amide bonds. The number of carbonyl (C=O) groups is 1. The Balaban J connectivity index is 2.07. The van der Waals surface area contributed by atoms with Gasteiger partial charge in [0.15, 0.2) is 0 Å². The molecule has 2 rings (SSSR count). The summed E-state index contributed by atoms with van der Waals surface area (Å²) >= 11 is 0. The van der Waals surface area contributed by atoms with Crippen LogP contribution in [-0.4, -0.2) is 13.0 Å². The van der Waals surface area contributed by atoms with Gasteiger partial charge in [-0.1, -0.05) is 12.1 Å². The lowest BCUT2D eigenvalue weighted by Gasteiger charge is -2.10. The summed E-state index contributed by atoms with van der Waals surface area (Å²) in [7, 11) is 1.62. The molecule has 5 heteroatoms. The van der Waals surface area contributed by atoms with E-state index in [0.717, 1.165) is 17.0 Å². The van der Waals surface area contributed by atoms with Gasteiger partial charge in [-0.3, -0.25) is 4.79 Å². The maximum atomic E-state index is 13.5. The van der Waals surface area contributed by atoms with E-state index in [9.17, 15) is 9.18 Å². The van der Waals surface area contributed by atoms with Crippen molar-refractivity contribution >= 4 is 17.3 Å². The smallest absolute Gasteiger partial charge is 0.221 e. The van der Waals surface area contributed by atoms with Crippen LogP contribution in [0.1, 0.15) is 12.5 Å². The van der Waals surface area contributed by atoms with E-state index in [-0.39, 0.29) is 11.6 Å². The van der Waals surface area contributed by atoms with Gasteiger partial charge in [-0.05, 0) is 35.9 Å². The van der Waals surface area contributed by atoms with E-state index in [2.05, 4.69) is 10.6 Å². The molecule has 0 atom stereocenters. The van der Waals surface area contributed by atoms with Crippen molar-refractivity contribution in [2.45, 2.75) is 13.5 Å². The Kier molecular flexibility index (Phi) is 4.77. The minimum Gasteiger partial charge on any atom is -0.497 e. The van der Waals surface area contributed by atoms with E-state index in [0.29, 0.717) is 6.54 Å². The molecule has 21 heavy (non-hydrogen) atoms. The van der Waals surface area contributed by atoms with E-state index in [4.69, 9.17) is 4.74 Å². The molecule has 110 valence electrons. The van der Waals surface area contributed by atoms with Crippen molar-refractivity contribution in [3.05, 3.63) is 53.8 Å². The lowest BCUT2D eigenvalue weighted by molar-refractivity contribution is -0.114. The zero-order valence-electron chi connectivity index (χ0n) is 11.9. The number of rotatable bonds is 5. The van der Waals surface area contributed by atoms with Crippen molar-refractivity contribution in [2.75, 3.05) is 17.7 Å². The van der Waals surface area contributed by atoms with Gasteiger partial charge in [0, 0.05) is 19.2 Å². The molecule has 0 radical (unpaired) electrons. The molecule has 0 bridgehead atoms. The number of carbonyl (C=O) groups excluding carboxylic acids is 1. The molecular formula is C16H17FN2O2. The second-order valence-electron chi connectivity index (χ2n) is 4.58. The highest BCUT2D eigenvalue weighted by molar-refractivity contribution is 5.89. The van der Waals surface area contributed by atoms with Gasteiger partial charge in [-0.15, -0.1) is 0 Å². The largest absolute Gasteiger partial charge is 0.497 e. The highest BCUT2D eigenvalue weighted by Gasteiger charge is 2.05. The van der Waals surface area contributed by atoms with E-state index in [1.807, 2.05) is 24.3 Å². The molecule has 0 aromatic heterocycles. The molecule has 0 spiro atoms. The highest BCUT2D eigenvalue weighted by atomic mass is 19.1. The van der Waals surface area contributed by atoms with Crippen LogP contribution in [0.2, 0.25) is 0 Å². The van der Waals surface area contributed by atoms with Crippen LogP contribution in [0.4, 0.5) is 15.8 Å². The maximum Gasteiger partial charge on any atom is 0.221 e. The van der Waals surface area contributed by atoms with Crippen molar-refractivity contribution < 1.29 is 13.9 Å². The van der Waals surface area contributed by atoms with Gasteiger partial charge in [0.2, 0.25) is 5.91 Å². The van der Waals surface area contributed by atoms with Crippen LogP contribution in [0.25, 0.3) is 0 Å². The van der Waals surface area contributed by atoms with Crippen molar-refractivity contribution in [3.8, 4) is 5.75 Å². The highest BCUT2D eigenvalue weighted by Crippen LogP contribution is 2.21. The fourth-order valence-electron chi connectivity index (χ4n) is 1.91. The molecule has 2 aromatic rings. The summed E-state index contributed by atoms with van der Waals surface area (Å²) in [6.45, 7) is 1.91. The first-order valence-corrected chi connectivity index (χ1v) is 6.52. The number of halogens is 1. The Labute approximate surface area is 122 Å². The second-order valence-corrected chi connectivity index (χ2v) is 4.58. The second kappa shape index (κ2) is 6.74. The van der Waals surface area contributed by atoms with Crippen LogP contribution in [0.3, 0.4) is 0 Å². The number of methoxy groups -OCH3 is 1. The molecule has 0 heterocycles. The van der Waals surface area contributed by atoms with Crippen LogP contribution >= 0.6 is 0 Å². The number of ether oxygens (including phenoxy) is 1. The number of anilines is 2. The van der Waals surface area contributed by atoms with Gasteiger partial charge in [0.05, 0.1) is 12.8 Å². The normalized spacial score (nSPS) is 10.0. The summed E-state index contributed by atoms with van der Waals surface area (Å²) in [6.07, 6.45) is 0. The summed E-state index contributed by atoms with van der Waals surface area (Å²) < 4.78 is 18.7. The average molecular weight is 288 g/mol. The van der Waals surface area contributed by atoms with Gasteiger partial charge < -0.3 is 15.4 Å². The number of hydrogen-bond acceptors (Lipinski definition) is 3. The summed E-state index contributed by atoms with van der Waals surface area (Å²) in [6, 6.07) is 12.2. The van der Waals surface area contributed by atoms with Crippen LogP contribution in [-0.2, 0) is 11.3 Å². The zero-order chi connectivity index (χ0) is 15.2.